The van der Waals surface area contributed by atoms with E-state index < -0.39 is 40.2 Å². The predicted octanol–water partition coefficient (Wildman–Crippen LogP) is 4.31. The van der Waals surface area contributed by atoms with Crippen molar-refractivity contribution in [2.45, 2.75) is 24.8 Å². The number of carbonyl (C=O) groups excluding carboxylic acids is 2. The van der Waals surface area contributed by atoms with Crippen molar-refractivity contribution in [3.8, 4) is 0 Å². The van der Waals surface area contributed by atoms with Gasteiger partial charge in [-0.3, -0.25) is 9.59 Å². The summed E-state index contributed by atoms with van der Waals surface area (Å²) in [6.07, 6.45) is 0. The Hall–Kier alpha value is -3.63. The third-order valence-corrected chi connectivity index (χ3v) is 6.93. The summed E-state index contributed by atoms with van der Waals surface area (Å²) in [4.78, 5) is 23.9. The Morgan fingerprint density at radius 2 is 1.59 bits per heavy atom. The molecule has 3 aromatic rings. The zero-order chi connectivity index (χ0) is 24.9. The van der Waals surface area contributed by atoms with E-state index in [0.717, 1.165) is 16.4 Å². The lowest BCUT2D eigenvalue weighted by atomic mass is 10.1. The van der Waals surface area contributed by atoms with Crippen LogP contribution in [0.3, 0.4) is 0 Å². The lowest BCUT2D eigenvalue weighted by Crippen LogP contribution is -2.39. The maximum atomic E-state index is 14.0. The highest BCUT2D eigenvalue weighted by molar-refractivity contribution is 7.89. The van der Waals surface area contributed by atoms with E-state index in [1.54, 1.807) is 37.3 Å². The lowest BCUT2D eigenvalue weighted by molar-refractivity contribution is -0.117. The second-order valence-electron chi connectivity index (χ2n) is 7.51. The molecule has 0 radical (unpaired) electrons. The third-order valence-electron chi connectivity index (χ3n) is 5.00. The molecule has 0 bridgehead atoms. The molecule has 0 aromatic heterocycles. The van der Waals surface area contributed by atoms with Crippen LogP contribution in [0.2, 0.25) is 0 Å². The van der Waals surface area contributed by atoms with Crippen LogP contribution in [-0.2, 0) is 19.6 Å². The highest BCUT2D eigenvalue weighted by atomic mass is 32.2. The first-order chi connectivity index (χ1) is 16.1. The van der Waals surface area contributed by atoms with E-state index in [1.165, 1.54) is 31.2 Å². The SMILES string of the molecule is CC(=O)Nc1ccc(S(=O)(=O)N(CC(=O)Nc2ccc(F)cc2F)[C@@H](C)c2ccccc2)cc1. The number of nitrogens with zero attached hydrogens (tertiary/aromatic N) is 1. The van der Waals surface area contributed by atoms with Gasteiger partial charge in [-0.25, -0.2) is 17.2 Å². The van der Waals surface area contributed by atoms with Crippen molar-refractivity contribution in [1.82, 2.24) is 4.31 Å². The zero-order valence-electron chi connectivity index (χ0n) is 18.5. The quantitative estimate of drug-likeness (QED) is 0.495. The van der Waals surface area contributed by atoms with E-state index in [9.17, 15) is 26.8 Å². The summed E-state index contributed by atoms with van der Waals surface area (Å²) >= 11 is 0. The van der Waals surface area contributed by atoms with Crippen LogP contribution >= 0.6 is 0 Å². The molecule has 2 amide bonds. The highest BCUT2D eigenvalue weighted by Crippen LogP contribution is 2.28. The lowest BCUT2D eigenvalue weighted by Gasteiger charge is -2.28. The molecule has 0 saturated carbocycles. The molecule has 2 N–H and O–H groups in total. The van der Waals surface area contributed by atoms with Crippen LogP contribution in [0.5, 0.6) is 0 Å². The number of amides is 2. The van der Waals surface area contributed by atoms with Gasteiger partial charge in [0.1, 0.15) is 11.6 Å². The second kappa shape index (κ2) is 10.5. The molecular formula is C24H23F2N3O4S. The van der Waals surface area contributed by atoms with Gasteiger partial charge in [0.2, 0.25) is 21.8 Å². The zero-order valence-corrected chi connectivity index (χ0v) is 19.3. The smallest absolute Gasteiger partial charge is 0.244 e. The first-order valence-electron chi connectivity index (χ1n) is 10.3. The number of hydrogen-bond acceptors (Lipinski definition) is 4. The first kappa shape index (κ1) is 25.0. The fourth-order valence-corrected chi connectivity index (χ4v) is 4.87. The van der Waals surface area contributed by atoms with Crippen LogP contribution < -0.4 is 10.6 Å². The van der Waals surface area contributed by atoms with Gasteiger partial charge in [-0.05, 0) is 48.9 Å². The van der Waals surface area contributed by atoms with E-state index in [2.05, 4.69) is 10.6 Å². The average Bonchev–Trinajstić information content (AvgIpc) is 2.79. The highest BCUT2D eigenvalue weighted by Gasteiger charge is 2.32. The van der Waals surface area contributed by atoms with Crippen LogP contribution in [0.25, 0.3) is 0 Å². The number of benzene rings is 3. The van der Waals surface area contributed by atoms with E-state index in [0.29, 0.717) is 17.3 Å². The van der Waals surface area contributed by atoms with Crippen molar-refractivity contribution in [1.29, 1.82) is 0 Å². The Bertz CT molecular complexity index is 1280. The molecule has 3 rings (SSSR count). The van der Waals surface area contributed by atoms with Crippen molar-refractivity contribution >= 4 is 33.2 Å². The maximum absolute atomic E-state index is 14.0. The van der Waals surface area contributed by atoms with Gasteiger partial charge in [-0.15, -0.1) is 0 Å². The molecule has 0 saturated heterocycles. The molecule has 0 fully saturated rings. The fourth-order valence-electron chi connectivity index (χ4n) is 3.30. The van der Waals surface area contributed by atoms with E-state index in [1.807, 2.05) is 0 Å². The molecule has 0 aliphatic rings. The van der Waals surface area contributed by atoms with Gasteiger partial charge in [0, 0.05) is 24.7 Å². The monoisotopic (exact) mass is 487 g/mol. The topological polar surface area (TPSA) is 95.6 Å². The van der Waals surface area contributed by atoms with E-state index in [4.69, 9.17) is 0 Å². The van der Waals surface area contributed by atoms with Crippen molar-refractivity contribution in [2.75, 3.05) is 17.2 Å². The minimum atomic E-state index is -4.19. The fraction of sp³-hybridized carbons (Fsp3) is 0.167. The number of rotatable bonds is 8. The van der Waals surface area contributed by atoms with Crippen molar-refractivity contribution in [2.24, 2.45) is 0 Å². The predicted molar refractivity (Wildman–Crippen MR) is 124 cm³/mol. The van der Waals surface area contributed by atoms with Gasteiger partial charge in [0.05, 0.1) is 17.1 Å². The number of hydrogen-bond donors (Lipinski definition) is 2. The molecule has 10 heteroatoms. The molecule has 0 spiro atoms. The average molecular weight is 488 g/mol. The van der Waals surface area contributed by atoms with Crippen molar-refractivity contribution < 1.29 is 26.8 Å². The summed E-state index contributed by atoms with van der Waals surface area (Å²) < 4.78 is 55.2. The number of sulfonamides is 1. The molecule has 1 atom stereocenters. The van der Waals surface area contributed by atoms with Crippen LogP contribution in [0.1, 0.15) is 25.5 Å². The van der Waals surface area contributed by atoms with Gasteiger partial charge in [-0.1, -0.05) is 30.3 Å². The van der Waals surface area contributed by atoms with Gasteiger partial charge in [0.25, 0.3) is 0 Å². The van der Waals surface area contributed by atoms with Crippen LogP contribution in [0.4, 0.5) is 20.2 Å². The number of halogens is 2. The number of anilines is 2. The standard InChI is InChI=1S/C24H23F2N3O4S/c1-16(18-6-4-3-5-7-18)29(15-24(31)28-23-13-8-19(25)14-22(23)26)34(32,33)21-11-9-20(10-12-21)27-17(2)30/h3-14,16H,15H2,1-2H3,(H,27,30)(H,28,31)/t16-/m0/s1. The minimum absolute atomic E-state index is 0.0925. The van der Waals surface area contributed by atoms with E-state index >= 15 is 0 Å². The summed E-state index contributed by atoms with van der Waals surface area (Å²) in [5, 5.41) is 4.85. The Morgan fingerprint density at radius 1 is 0.941 bits per heavy atom. The summed E-state index contributed by atoms with van der Waals surface area (Å²) in [6, 6.07) is 16.2. The molecule has 178 valence electrons. The second-order valence-corrected chi connectivity index (χ2v) is 9.41. The molecule has 34 heavy (non-hydrogen) atoms. The molecule has 0 aliphatic carbocycles. The van der Waals surface area contributed by atoms with Gasteiger partial charge < -0.3 is 10.6 Å². The third kappa shape index (κ3) is 6.03. The Balaban J connectivity index is 1.92. The van der Waals surface area contributed by atoms with Gasteiger partial charge in [-0.2, -0.15) is 4.31 Å². The minimum Gasteiger partial charge on any atom is -0.326 e. The number of carbonyl (C=O) groups is 2. The molecule has 0 heterocycles. The molecular weight excluding hydrogens is 464 g/mol. The summed E-state index contributed by atoms with van der Waals surface area (Å²) in [5.74, 6) is -2.89. The van der Waals surface area contributed by atoms with Crippen LogP contribution in [-0.4, -0.2) is 31.1 Å². The van der Waals surface area contributed by atoms with Crippen molar-refractivity contribution in [3.63, 3.8) is 0 Å². The largest absolute Gasteiger partial charge is 0.326 e. The maximum Gasteiger partial charge on any atom is 0.244 e. The summed E-state index contributed by atoms with van der Waals surface area (Å²) in [7, 11) is -4.19. The van der Waals surface area contributed by atoms with Crippen LogP contribution in [0, 0.1) is 11.6 Å². The summed E-state index contributed by atoms with van der Waals surface area (Å²) in [6.45, 7) is 2.34. The number of nitrogens with one attached hydrogen (secondary N) is 2. The van der Waals surface area contributed by atoms with Gasteiger partial charge >= 0.3 is 0 Å². The Morgan fingerprint density at radius 3 is 2.18 bits per heavy atom. The van der Waals surface area contributed by atoms with Gasteiger partial charge in [0.15, 0.2) is 0 Å². The Kier molecular flexibility index (Phi) is 7.75. The van der Waals surface area contributed by atoms with Crippen LogP contribution in [0.15, 0.2) is 77.7 Å². The molecule has 3 aromatic carbocycles. The normalized spacial score (nSPS) is 12.3. The first-order valence-corrected chi connectivity index (χ1v) is 11.7. The van der Waals surface area contributed by atoms with E-state index in [-0.39, 0.29) is 16.5 Å². The molecule has 0 unspecified atom stereocenters. The summed E-state index contributed by atoms with van der Waals surface area (Å²) in [5.41, 5.74) is 0.788. The molecule has 7 nitrogen and oxygen atoms in total. The molecule has 0 aliphatic heterocycles. The van der Waals surface area contributed by atoms with Crippen molar-refractivity contribution in [3.05, 3.63) is 90.0 Å². The Labute approximate surface area is 196 Å².